The van der Waals surface area contributed by atoms with Crippen LogP contribution < -0.4 is 0 Å². The molecular weight excluding hydrogens is 609 g/mol. The van der Waals surface area contributed by atoms with Crippen LogP contribution in [0.4, 0.5) is 0 Å². The predicted molar refractivity (Wildman–Crippen MR) is 210 cm³/mol. The van der Waals surface area contributed by atoms with Gasteiger partial charge in [0.05, 0.1) is 5.39 Å². The van der Waals surface area contributed by atoms with Crippen LogP contribution in [-0.2, 0) is 0 Å². The Bertz CT molecular complexity index is 3100. The van der Waals surface area contributed by atoms with Crippen molar-refractivity contribution in [2.45, 2.75) is 0 Å². The number of fused-ring (bicyclic) bond motifs is 10. The highest BCUT2D eigenvalue weighted by molar-refractivity contribution is 6.26. The molecule has 0 unspecified atom stereocenters. The average Bonchev–Trinajstić information content (AvgIpc) is 3.75. The summed E-state index contributed by atoms with van der Waals surface area (Å²) in [5.41, 5.74) is 10.5. The standard InChI is InChI=1S/C48H28O2/c1-2-13-30-26-33(25-24-29(30)12-1)45-36-18-5-3-16-34(36)44(35-17-4-6-19-37(35)45)32-15-11-14-31(27-32)40-28-43-47(39-21-8-9-22-41(39)49-43)48-46(40)38-20-7-10-23-42(38)50-48/h1-28H. The largest absolute Gasteiger partial charge is 0.456 e. The molecule has 2 heterocycles. The molecule has 11 rings (SSSR count). The minimum atomic E-state index is 0.828. The van der Waals surface area contributed by atoms with Crippen molar-refractivity contribution in [3.05, 3.63) is 170 Å². The first kappa shape index (κ1) is 27.3. The molecule has 0 radical (unpaired) electrons. The Morgan fingerprint density at radius 2 is 0.820 bits per heavy atom. The summed E-state index contributed by atoms with van der Waals surface area (Å²) in [5, 5.41) is 11.8. The Kier molecular flexibility index (Phi) is 5.70. The third-order valence-corrected chi connectivity index (χ3v) is 10.4. The predicted octanol–water partition coefficient (Wildman–Crippen LogP) is 13.9. The first-order valence-electron chi connectivity index (χ1n) is 17.1. The van der Waals surface area contributed by atoms with Crippen LogP contribution >= 0.6 is 0 Å². The highest BCUT2D eigenvalue weighted by atomic mass is 16.3. The van der Waals surface area contributed by atoms with E-state index >= 15 is 0 Å². The molecule has 0 saturated carbocycles. The van der Waals surface area contributed by atoms with Crippen LogP contribution in [-0.4, -0.2) is 0 Å². The van der Waals surface area contributed by atoms with Gasteiger partial charge in [-0.1, -0.05) is 140 Å². The SMILES string of the molecule is c1cc(-c2c3ccccc3c(-c3ccc4ccccc4c3)c3ccccc23)cc(-c2cc3oc4ccccc4c3c3oc4ccccc4c23)c1. The normalized spacial score (nSPS) is 12.0. The van der Waals surface area contributed by atoms with Gasteiger partial charge in [0.15, 0.2) is 0 Å². The summed E-state index contributed by atoms with van der Waals surface area (Å²) < 4.78 is 13.1. The highest BCUT2D eigenvalue weighted by Crippen LogP contribution is 2.47. The van der Waals surface area contributed by atoms with Gasteiger partial charge >= 0.3 is 0 Å². The van der Waals surface area contributed by atoms with E-state index < -0.39 is 0 Å². The fourth-order valence-electron chi connectivity index (χ4n) is 8.26. The van der Waals surface area contributed by atoms with Gasteiger partial charge in [-0.05, 0) is 96.0 Å². The van der Waals surface area contributed by atoms with Gasteiger partial charge in [0.25, 0.3) is 0 Å². The van der Waals surface area contributed by atoms with Crippen molar-refractivity contribution in [1.82, 2.24) is 0 Å². The van der Waals surface area contributed by atoms with E-state index in [4.69, 9.17) is 8.83 Å². The first-order valence-corrected chi connectivity index (χ1v) is 17.1. The van der Waals surface area contributed by atoms with E-state index in [1.54, 1.807) is 0 Å². The van der Waals surface area contributed by atoms with Gasteiger partial charge in [-0.15, -0.1) is 0 Å². The fraction of sp³-hybridized carbons (Fsp3) is 0. The van der Waals surface area contributed by atoms with Gasteiger partial charge in [0.2, 0.25) is 0 Å². The second kappa shape index (κ2) is 10.4. The molecule has 232 valence electrons. The number of furan rings is 2. The minimum absolute atomic E-state index is 0.828. The van der Waals surface area contributed by atoms with Crippen LogP contribution in [0.15, 0.2) is 179 Å². The molecule has 2 heteroatoms. The lowest BCUT2D eigenvalue weighted by atomic mass is 9.85. The Hall–Kier alpha value is -6.64. The third-order valence-electron chi connectivity index (χ3n) is 10.4. The zero-order chi connectivity index (χ0) is 32.8. The van der Waals surface area contributed by atoms with Crippen molar-refractivity contribution in [2.24, 2.45) is 0 Å². The van der Waals surface area contributed by atoms with Crippen molar-refractivity contribution in [3.63, 3.8) is 0 Å². The van der Waals surface area contributed by atoms with Crippen LogP contribution in [0.2, 0.25) is 0 Å². The van der Waals surface area contributed by atoms with Crippen LogP contribution in [0.5, 0.6) is 0 Å². The molecule has 2 nitrogen and oxygen atoms in total. The molecular formula is C48H28O2. The van der Waals surface area contributed by atoms with E-state index in [1.807, 2.05) is 18.2 Å². The van der Waals surface area contributed by atoms with Crippen molar-refractivity contribution < 1.29 is 8.83 Å². The zero-order valence-corrected chi connectivity index (χ0v) is 27.0. The molecule has 0 amide bonds. The van der Waals surface area contributed by atoms with Crippen LogP contribution in [0.25, 0.3) is 110 Å². The van der Waals surface area contributed by atoms with E-state index in [1.165, 1.54) is 54.6 Å². The summed E-state index contributed by atoms with van der Waals surface area (Å²) in [6, 6.07) is 60.9. The van der Waals surface area contributed by atoms with E-state index in [0.717, 1.165) is 55.0 Å². The second-order valence-corrected chi connectivity index (χ2v) is 13.2. The number of para-hydroxylation sites is 2. The van der Waals surface area contributed by atoms with Crippen LogP contribution in [0, 0.1) is 0 Å². The van der Waals surface area contributed by atoms with Crippen LogP contribution in [0.3, 0.4) is 0 Å². The maximum Gasteiger partial charge on any atom is 0.147 e. The van der Waals surface area contributed by atoms with Crippen molar-refractivity contribution in [2.75, 3.05) is 0 Å². The molecule has 0 aliphatic carbocycles. The lowest BCUT2D eigenvalue weighted by Gasteiger charge is -2.18. The Labute approximate surface area is 287 Å². The maximum absolute atomic E-state index is 6.65. The lowest BCUT2D eigenvalue weighted by molar-refractivity contribution is 0.663. The Morgan fingerprint density at radius 3 is 1.50 bits per heavy atom. The summed E-state index contributed by atoms with van der Waals surface area (Å²) in [6.07, 6.45) is 0. The molecule has 0 aliphatic heterocycles. The highest BCUT2D eigenvalue weighted by Gasteiger charge is 2.22. The molecule has 0 fully saturated rings. The van der Waals surface area contributed by atoms with Gasteiger partial charge < -0.3 is 8.83 Å². The minimum Gasteiger partial charge on any atom is -0.456 e. The lowest BCUT2D eigenvalue weighted by Crippen LogP contribution is -1.91. The number of benzene rings is 9. The van der Waals surface area contributed by atoms with Gasteiger partial charge in [-0.3, -0.25) is 0 Å². The monoisotopic (exact) mass is 636 g/mol. The van der Waals surface area contributed by atoms with Gasteiger partial charge in [-0.25, -0.2) is 0 Å². The molecule has 0 bridgehead atoms. The second-order valence-electron chi connectivity index (χ2n) is 13.2. The third kappa shape index (κ3) is 3.90. The number of hydrogen-bond acceptors (Lipinski definition) is 2. The van der Waals surface area contributed by atoms with Gasteiger partial charge in [0.1, 0.15) is 22.3 Å². The molecule has 0 atom stereocenters. The van der Waals surface area contributed by atoms with Gasteiger partial charge in [-0.2, -0.15) is 0 Å². The summed E-state index contributed by atoms with van der Waals surface area (Å²) in [5.74, 6) is 0. The molecule has 0 N–H and O–H groups in total. The Morgan fingerprint density at radius 1 is 0.300 bits per heavy atom. The van der Waals surface area contributed by atoms with E-state index in [-0.39, 0.29) is 0 Å². The summed E-state index contributed by atoms with van der Waals surface area (Å²) in [7, 11) is 0. The molecule has 2 aromatic heterocycles. The molecule has 11 aromatic rings. The molecule has 50 heavy (non-hydrogen) atoms. The fourth-order valence-corrected chi connectivity index (χ4v) is 8.26. The number of rotatable bonds is 3. The maximum atomic E-state index is 6.65. The smallest absolute Gasteiger partial charge is 0.147 e. The topological polar surface area (TPSA) is 26.3 Å². The average molecular weight is 637 g/mol. The molecule has 0 spiro atoms. The summed E-state index contributed by atoms with van der Waals surface area (Å²) in [4.78, 5) is 0. The van der Waals surface area contributed by atoms with Crippen LogP contribution in [0.1, 0.15) is 0 Å². The summed E-state index contributed by atoms with van der Waals surface area (Å²) in [6.45, 7) is 0. The first-order chi connectivity index (χ1) is 24.8. The number of hydrogen-bond donors (Lipinski definition) is 0. The quantitative estimate of drug-likeness (QED) is 0.180. The molecule has 0 saturated heterocycles. The molecule has 9 aromatic carbocycles. The summed E-state index contributed by atoms with van der Waals surface area (Å²) >= 11 is 0. The van der Waals surface area contributed by atoms with Gasteiger partial charge in [0, 0.05) is 16.2 Å². The van der Waals surface area contributed by atoms with Crippen molar-refractivity contribution >= 4 is 76.2 Å². The van der Waals surface area contributed by atoms with Crippen molar-refractivity contribution in [3.8, 4) is 33.4 Å². The van der Waals surface area contributed by atoms with E-state index in [0.29, 0.717) is 0 Å². The van der Waals surface area contributed by atoms with E-state index in [2.05, 4.69) is 152 Å². The molecule has 0 aliphatic rings. The zero-order valence-electron chi connectivity index (χ0n) is 27.0. The Balaban J connectivity index is 1.20. The van der Waals surface area contributed by atoms with E-state index in [9.17, 15) is 0 Å². The van der Waals surface area contributed by atoms with Crippen molar-refractivity contribution in [1.29, 1.82) is 0 Å².